The molecule has 2 amide bonds. The number of nitrogens with one attached hydrogen (secondary N) is 1. The number of likely N-dealkylation sites (tertiary alicyclic amines) is 1. The van der Waals surface area contributed by atoms with Gasteiger partial charge < -0.3 is 15.3 Å². The topological polar surface area (TPSA) is 55.8 Å². The zero-order valence-electron chi connectivity index (χ0n) is 20.8. The largest absolute Gasteiger partial charge is 0.378 e. The molecule has 1 saturated heterocycles. The third kappa shape index (κ3) is 5.27. The Morgan fingerprint density at radius 2 is 2.08 bits per heavy atom. The minimum Gasteiger partial charge on any atom is -0.378 e. The van der Waals surface area contributed by atoms with E-state index < -0.39 is 17.9 Å². The zero-order valence-corrected chi connectivity index (χ0v) is 21.6. The molecule has 0 spiro atoms. The number of halogens is 2. The lowest BCUT2D eigenvalue weighted by molar-refractivity contribution is 0.0354. The molecule has 0 radical (unpaired) electrons. The van der Waals surface area contributed by atoms with Gasteiger partial charge in [-0.25, -0.2) is 13.6 Å². The Labute approximate surface area is 216 Å². The molecular formula is C28H35F2N3O2S. The minimum absolute atomic E-state index is 0.100. The van der Waals surface area contributed by atoms with Gasteiger partial charge in [0, 0.05) is 42.3 Å². The Kier molecular flexibility index (Phi) is 7.56. The maximum atomic E-state index is 13.7. The summed E-state index contributed by atoms with van der Waals surface area (Å²) in [7, 11) is 0. The molecule has 2 aromatic rings. The smallest absolute Gasteiger partial charge is 0.322 e. The molecule has 2 aromatic carbocycles. The SMILES string of the molecule is CSc1cccc(C23CCC(N(CCCN4CCCC4O)C(=O)Nc4ccc(F)c(F)c4)CC2C3)c1. The number of carbonyl (C=O) groups excluding carboxylic acids is 1. The summed E-state index contributed by atoms with van der Waals surface area (Å²) in [5.41, 5.74) is 1.90. The molecule has 5 rings (SSSR count). The van der Waals surface area contributed by atoms with Crippen LogP contribution < -0.4 is 5.32 Å². The first-order valence-electron chi connectivity index (χ1n) is 13.0. The van der Waals surface area contributed by atoms with Crippen LogP contribution in [-0.2, 0) is 5.41 Å². The van der Waals surface area contributed by atoms with Gasteiger partial charge in [0.2, 0.25) is 0 Å². The number of aliphatic hydroxyl groups is 1. The van der Waals surface area contributed by atoms with E-state index in [1.807, 2.05) is 4.90 Å². The Balaban J connectivity index is 1.27. The molecule has 1 heterocycles. The summed E-state index contributed by atoms with van der Waals surface area (Å²) in [6, 6.07) is 12.1. The lowest BCUT2D eigenvalue weighted by atomic mass is 9.80. The van der Waals surface area contributed by atoms with E-state index in [1.165, 1.54) is 16.5 Å². The van der Waals surface area contributed by atoms with Gasteiger partial charge in [0.15, 0.2) is 11.6 Å². The van der Waals surface area contributed by atoms with Gasteiger partial charge in [-0.15, -0.1) is 11.8 Å². The van der Waals surface area contributed by atoms with E-state index in [4.69, 9.17) is 0 Å². The number of hydrogen-bond acceptors (Lipinski definition) is 4. The van der Waals surface area contributed by atoms with E-state index in [1.54, 1.807) is 11.8 Å². The molecule has 4 unspecified atom stereocenters. The van der Waals surface area contributed by atoms with Crippen molar-refractivity contribution < 1.29 is 18.7 Å². The van der Waals surface area contributed by atoms with Gasteiger partial charge in [-0.1, -0.05) is 12.1 Å². The Bertz CT molecular complexity index is 1100. The first-order valence-corrected chi connectivity index (χ1v) is 14.2. The standard InChI is InChI=1S/C28H35F2N3O2S/c1-36-23-6-2-5-19(16-23)28-11-10-22(15-20(28)18-28)33(14-4-13-32-12-3-7-26(32)34)27(35)31-21-8-9-24(29)25(30)17-21/h2,5-6,8-9,16-17,20,22,26,34H,3-4,7,10-15,18H2,1H3,(H,31,35). The van der Waals surface area contributed by atoms with Crippen LogP contribution >= 0.6 is 11.8 Å². The van der Waals surface area contributed by atoms with Crippen LogP contribution in [0.15, 0.2) is 47.4 Å². The molecule has 3 fully saturated rings. The lowest BCUT2D eigenvalue weighted by Gasteiger charge is -2.37. The van der Waals surface area contributed by atoms with Gasteiger partial charge in [0.25, 0.3) is 0 Å². The van der Waals surface area contributed by atoms with Gasteiger partial charge in [0.05, 0.1) is 0 Å². The third-order valence-electron chi connectivity index (χ3n) is 8.40. The van der Waals surface area contributed by atoms with Gasteiger partial charge in [-0.3, -0.25) is 4.90 Å². The van der Waals surface area contributed by atoms with E-state index in [9.17, 15) is 18.7 Å². The molecule has 0 bridgehead atoms. The number of aliphatic hydroxyl groups excluding tert-OH is 1. The van der Waals surface area contributed by atoms with Crippen molar-refractivity contribution in [1.82, 2.24) is 9.80 Å². The number of hydrogen-bond donors (Lipinski definition) is 2. The van der Waals surface area contributed by atoms with Crippen molar-refractivity contribution >= 4 is 23.5 Å². The Morgan fingerprint density at radius 1 is 1.22 bits per heavy atom. The molecule has 2 N–H and O–H groups in total. The second kappa shape index (κ2) is 10.7. The first-order chi connectivity index (χ1) is 17.4. The molecule has 2 saturated carbocycles. The van der Waals surface area contributed by atoms with Crippen molar-refractivity contribution in [2.75, 3.05) is 31.2 Å². The summed E-state index contributed by atoms with van der Waals surface area (Å²) >= 11 is 1.76. The van der Waals surface area contributed by atoms with Crippen LogP contribution in [-0.4, -0.2) is 59.1 Å². The van der Waals surface area contributed by atoms with Crippen molar-refractivity contribution in [2.24, 2.45) is 5.92 Å². The molecule has 3 aliphatic rings. The highest BCUT2D eigenvalue weighted by Crippen LogP contribution is 2.63. The van der Waals surface area contributed by atoms with E-state index >= 15 is 0 Å². The predicted molar refractivity (Wildman–Crippen MR) is 139 cm³/mol. The highest BCUT2D eigenvalue weighted by Gasteiger charge is 2.58. The van der Waals surface area contributed by atoms with Gasteiger partial charge >= 0.3 is 6.03 Å². The summed E-state index contributed by atoms with van der Waals surface area (Å²) in [6.45, 7) is 2.17. The second-order valence-corrected chi connectivity index (χ2v) is 11.4. The predicted octanol–water partition coefficient (Wildman–Crippen LogP) is 5.84. The van der Waals surface area contributed by atoms with Crippen molar-refractivity contribution in [1.29, 1.82) is 0 Å². The third-order valence-corrected chi connectivity index (χ3v) is 9.13. The monoisotopic (exact) mass is 515 g/mol. The fourth-order valence-corrected chi connectivity index (χ4v) is 6.77. The Morgan fingerprint density at radius 3 is 2.81 bits per heavy atom. The molecule has 194 valence electrons. The van der Waals surface area contributed by atoms with E-state index in [0.717, 1.165) is 70.2 Å². The average Bonchev–Trinajstić information content (AvgIpc) is 3.49. The number of fused-ring (bicyclic) bond motifs is 1. The van der Waals surface area contributed by atoms with Crippen molar-refractivity contribution in [3.8, 4) is 0 Å². The van der Waals surface area contributed by atoms with Crippen LogP contribution in [0.1, 0.15) is 50.5 Å². The zero-order chi connectivity index (χ0) is 25.3. The summed E-state index contributed by atoms with van der Waals surface area (Å²) in [5.74, 6) is -1.36. The number of carbonyl (C=O) groups is 1. The average molecular weight is 516 g/mol. The maximum absolute atomic E-state index is 13.7. The van der Waals surface area contributed by atoms with Crippen LogP contribution in [0.25, 0.3) is 0 Å². The molecule has 4 atom stereocenters. The molecule has 5 nitrogen and oxygen atoms in total. The number of nitrogens with zero attached hydrogens (tertiary/aromatic N) is 2. The Hall–Kier alpha value is -2.16. The van der Waals surface area contributed by atoms with E-state index in [2.05, 4.69) is 40.7 Å². The molecule has 2 aliphatic carbocycles. The van der Waals surface area contributed by atoms with Gasteiger partial charge in [0.1, 0.15) is 6.23 Å². The molecule has 36 heavy (non-hydrogen) atoms. The molecular weight excluding hydrogens is 480 g/mol. The summed E-state index contributed by atoms with van der Waals surface area (Å²) in [4.78, 5) is 18.6. The number of benzene rings is 2. The van der Waals surface area contributed by atoms with Gasteiger partial charge in [-0.05, 0) is 92.4 Å². The number of thioether (sulfide) groups is 1. The van der Waals surface area contributed by atoms with Gasteiger partial charge in [-0.2, -0.15) is 0 Å². The van der Waals surface area contributed by atoms with Crippen LogP contribution in [0.4, 0.5) is 19.3 Å². The minimum atomic E-state index is -0.977. The van der Waals surface area contributed by atoms with Crippen LogP contribution in [0.3, 0.4) is 0 Å². The maximum Gasteiger partial charge on any atom is 0.322 e. The second-order valence-electron chi connectivity index (χ2n) is 10.5. The number of amides is 2. The van der Waals surface area contributed by atoms with Crippen molar-refractivity contribution in [3.63, 3.8) is 0 Å². The molecule has 8 heteroatoms. The molecule has 0 aromatic heterocycles. The summed E-state index contributed by atoms with van der Waals surface area (Å²) < 4.78 is 27.1. The van der Waals surface area contributed by atoms with E-state index in [-0.39, 0.29) is 23.2 Å². The van der Waals surface area contributed by atoms with Crippen molar-refractivity contribution in [3.05, 3.63) is 59.7 Å². The normalized spacial score (nSPS) is 27.5. The van der Waals surface area contributed by atoms with Crippen LogP contribution in [0.2, 0.25) is 0 Å². The van der Waals surface area contributed by atoms with Crippen LogP contribution in [0, 0.1) is 17.6 Å². The highest BCUT2D eigenvalue weighted by atomic mass is 32.2. The summed E-state index contributed by atoms with van der Waals surface area (Å²) in [5, 5.41) is 12.9. The van der Waals surface area contributed by atoms with Crippen molar-refractivity contribution in [2.45, 2.75) is 67.5 Å². The van der Waals surface area contributed by atoms with Crippen LogP contribution in [0.5, 0.6) is 0 Å². The fraction of sp³-hybridized carbons (Fsp3) is 0.536. The van der Waals surface area contributed by atoms with E-state index in [0.29, 0.717) is 12.5 Å². The number of anilines is 1. The highest BCUT2D eigenvalue weighted by molar-refractivity contribution is 7.98. The fourth-order valence-electron chi connectivity index (χ4n) is 6.31. The number of urea groups is 1. The first kappa shape index (κ1) is 25.5. The summed E-state index contributed by atoms with van der Waals surface area (Å²) in [6.07, 6.45) is 8.30. The lowest BCUT2D eigenvalue weighted by Crippen LogP contribution is -2.46. The number of rotatable bonds is 8. The molecule has 1 aliphatic heterocycles. The quantitative estimate of drug-likeness (QED) is 0.434.